The van der Waals surface area contributed by atoms with E-state index in [1.807, 2.05) is 249 Å². The molecule has 6 aliphatic rings. The molecule has 0 saturated carbocycles. The molecule has 23 nitrogen and oxygen atoms in total. The van der Waals surface area contributed by atoms with Crippen LogP contribution in [0.4, 0.5) is 14.4 Å². The molecule has 0 radical (unpaired) electrons. The number of piperazine rings is 3. The van der Waals surface area contributed by atoms with Crippen molar-refractivity contribution in [3.8, 4) is 55.8 Å². The van der Waals surface area contributed by atoms with E-state index in [4.69, 9.17) is 89.5 Å². The van der Waals surface area contributed by atoms with Gasteiger partial charge in [0.2, 0.25) is 11.8 Å². The maximum Gasteiger partial charge on any atom is 0.325 e. The number of aliphatic hydroxyl groups excluding tert-OH is 2. The highest BCUT2D eigenvalue weighted by Gasteiger charge is 2.48. The molecule has 6 aliphatic heterocycles. The van der Waals surface area contributed by atoms with Crippen LogP contribution in [-0.2, 0) is 22.8 Å². The van der Waals surface area contributed by atoms with E-state index in [1.54, 1.807) is 43.0 Å². The van der Waals surface area contributed by atoms with Crippen LogP contribution in [0.15, 0.2) is 268 Å². The van der Waals surface area contributed by atoms with Gasteiger partial charge in [-0.25, -0.2) is 14.4 Å². The normalized spacial score (nSPS) is 17.8. The molecule has 31 heteroatoms. The van der Waals surface area contributed by atoms with Crippen LogP contribution in [0.2, 0.25) is 20.1 Å². The molecule has 0 aliphatic carbocycles. The number of furan rings is 1. The average molecular weight is 2200 g/mol. The quantitative estimate of drug-likeness (QED) is 0.0510. The fraction of sp³-hybridized carbons (Fsp3) is 0.319. The Kier molecular flexibility index (Phi) is 37.6. The van der Waals surface area contributed by atoms with E-state index in [2.05, 4.69) is 116 Å². The van der Waals surface area contributed by atoms with E-state index < -0.39 is 6.04 Å². The van der Waals surface area contributed by atoms with Gasteiger partial charge in [0.15, 0.2) is 0 Å². The summed E-state index contributed by atoms with van der Waals surface area (Å²) in [6.07, 6.45) is 7.35. The van der Waals surface area contributed by atoms with E-state index in [0.717, 1.165) is 127 Å². The predicted octanol–water partition coefficient (Wildman–Crippen LogP) is 26.5. The number of rotatable bonds is 24. The first-order valence-corrected chi connectivity index (χ1v) is 52.4. The number of benzene rings is 9. The molecule has 3 aromatic heterocycles. The number of carbonyl (C=O) groups excluding carboxylic acids is 5. The number of methoxy groups -OCH3 is 3. The van der Waals surface area contributed by atoms with Crippen molar-refractivity contribution in [1.29, 1.82) is 0 Å². The highest BCUT2D eigenvalue weighted by atomic mass is 79.9. The van der Waals surface area contributed by atoms with E-state index in [1.165, 1.54) is 22.7 Å². The summed E-state index contributed by atoms with van der Waals surface area (Å²) in [5, 5.41) is 23.4. The molecule has 8 amide bonds. The van der Waals surface area contributed by atoms with Gasteiger partial charge in [0.1, 0.15) is 52.6 Å². The van der Waals surface area contributed by atoms with Crippen LogP contribution in [-0.4, -0.2) is 197 Å². The maximum atomic E-state index is 14.7. The number of carbonyl (C=O) groups is 5. The van der Waals surface area contributed by atoms with E-state index >= 15 is 0 Å². The molecule has 756 valence electrons. The minimum absolute atomic E-state index is 0. The van der Waals surface area contributed by atoms with Gasteiger partial charge in [0.25, 0.3) is 0 Å². The van der Waals surface area contributed by atoms with Crippen molar-refractivity contribution in [2.45, 2.75) is 137 Å². The van der Waals surface area contributed by atoms with E-state index in [0.29, 0.717) is 113 Å². The van der Waals surface area contributed by atoms with Crippen molar-refractivity contribution in [3.05, 3.63) is 344 Å². The first-order chi connectivity index (χ1) is 69.0. The van der Waals surface area contributed by atoms with Gasteiger partial charge in [-0.15, -0.1) is 22.7 Å². The van der Waals surface area contributed by atoms with E-state index in [-0.39, 0.29) is 105 Å². The maximum absolute atomic E-state index is 14.7. The molecule has 3 N–H and O–H groups in total. The Balaban J connectivity index is 0.000000156. The summed E-state index contributed by atoms with van der Waals surface area (Å²) in [5.74, 6) is 4.92. The summed E-state index contributed by atoms with van der Waals surface area (Å²) in [7, 11) is 4.88. The number of hydrogen-bond acceptors (Lipinski definition) is 17. The van der Waals surface area contributed by atoms with Crippen LogP contribution in [0.3, 0.4) is 0 Å². The predicted molar refractivity (Wildman–Crippen MR) is 583 cm³/mol. The van der Waals surface area contributed by atoms with Gasteiger partial charge in [-0.2, -0.15) is 0 Å². The largest absolute Gasteiger partial charge is 0.497 e. The van der Waals surface area contributed by atoms with E-state index in [9.17, 15) is 24.0 Å². The second-order valence-electron chi connectivity index (χ2n) is 36.0. The lowest BCUT2D eigenvalue weighted by Crippen LogP contribution is -2.53. The molecule has 0 spiro atoms. The molecular formula is C113H121Br2Cl4N9O14S2. The van der Waals surface area contributed by atoms with Crippen LogP contribution in [0.1, 0.15) is 165 Å². The number of urea groups is 3. The number of nitrogens with one attached hydrogen (secondary N) is 1. The Morgan fingerprint density at radius 1 is 0.417 bits per heavy atom. The zero-order valence-electron chi connectivity index (χ0n) is 81.5. The minimum atomic E-state index is -0.417. The Morgan fingerprint density at radius 2 is 0.729 bits per heavy atom. The monoisotopic (exact) mass is 2190 g/mol. The van der Waals surface area contributed by atoms with Gasteiger partial charge < -0.3 is 68.0 Å². The standard InChI is InChI=1S/C34H39Br2N3O3.C33H35Cl2N3O4.C31H31Cl2N3O4.C14H12O3S2.CH4/c1-5-16-37-17-19-38(20-18-37)34(40)39-31(29-15-14-28(41-4)21-32(29)42-23(2)3)22-30(24-6-10-26(35)11-7-24)33(39)25-8-12-27(36)13-9-25;1-21(2)42-31-19-27(41-4)13-14-28(31)30-20-29(23-5-9-25(34)10-6-23)32(24-7-11-26(35)12-8-24)38(30)33(40)37-17-15-36(16-18-37)22(3)39;1-19(2)40-28-16-24(39-3)12-13-25(28)27-17-26(20-4-8-22(32)9-5-20)30(21-6-10-23(33)11-7-21)36(27)31(38)35-15-14-34-29(37)18-35;15-7-9-1-5-13(18-9)11-3-4-12(17-11)14-6-2-10(8-16)19-14;/h6-15,21-23,30,33H,5,16-20H2,1-4H3;5-14,19-21,29,32H,15-18H2,1-4H3;4-13,16-17,19,26,30H,14-15,18H2,1-3H3,(H,34,37);1-6,15-16H,7-8H2;1H4. The van der Waals surface area contributed by atoms with Crippen molar-refractivity contribution in [2.24, 2.45) is 0 Å². The lowest BCUT2D eigenvalue weighted by Gasteiger charge is -2.40. The zero-order chi connectivity index (χ0) is 101. The number of nitrogens with zero attached hydrogens (tertiary/aromatic N) is 8. The minimum Gasteiger partial charge on any atom is -0.497 e. The second kappa shape index (κ2) is 50.0. The number of amides is 8. The van der Waals surface area contributed by atoms with Gasteiger partial charge in [-0.1, -0.05) is 165 Å². The molecule has 18 rings (SSSR count). The molecule has 3 saturated heterocycles. The zero-order valence-corrected chi connectivity index (χ0v) is 89.3. The van der Waals surface area contributed by atoms with Gasteiger partial charge in [0.05, 0.1) is 97.8 Å². The molecule has 3 fully saturated rings. The lowest BCUT2D eigenvalue weighted by molar-refractivity contribution is -0.130. The number of ether oxygens (including phenoxy) is 6. The van der Waals surface area contributed by atoms with Crippen LogP contribution in [0, 0.1) is 0 Å². The number of halogens is 6. The molecule has 144 heavy (non-hydrogen) atoms. The summed E-state index contributed by atoms with van der Waals surface area (Å²) < 4.78 is 43.2. The second-order valence-corrected chi connectivity index (χ2v) is 41.9. The Bertz CT molecular complexity index is 6450. The Morgan fingerprint density at radius 3 is 1.03 bits per heavy atom. The number of hydrogen-bond donors (Lipinski definition) is 3. The molecule has 9 aromatic carbocycles. The third-order valence-electron chi connectivity index (χ3n) is 25.4. The summed E-state index contributed by atoms with van der Waals surface area (Å²) >= 11 is 35.3. The van der Waals surface area contributed by atoms with Crippen molar-refractivity contribution < 1.29 is 67.0 Å². The number of aliphatic hydroxyl groups is 2. The van der Waals surface area contributed by atoms with Gasteiger partial charge in [-0.3, -0.25) is 29.2 Å². The van der Waals surface area contributed by atoms with Gasteiger partial charge in [-0.05, 0) is 252 Å². The Hall–Kier alpha value is -11.6. The van der Waals surface area contributed by atoms with Crippen molar-refractivity contribution in [3.63, 3.8) is 0 Å². The van der Waals surface area contributed by atoms with Crippen molar-refractivity contribution in [2.75, 3.05) is 99.9 Å². The smallest absolute Gasteiger partial charge is 0.325 e. The summed E-state index contributed by atoms with van der Waals surface area (Å²) in [6, 6.07) is 74.7. The van der Waals surface area contributed by atoms with Crippen LogP contribution in [0.25, 0.3) is 38.4 Å². The Labute approximate surface area is 888 Å². The first-order valence-electron chi connectivity index (χ1n) is 47.7. The summed E-state index contributed by atoms with van der Waals surface area (Å²) in [4.78, 5) is 87.2. The molecule has 6 atom stereocenters. The molecule has 0 bridgehead atoms. The van der Waals surface area contributed by atoms with Gasteiger partial charge >= 0.3 is 18.1 Å². The molecule has 9 heterocycles. The fourth-order valence-electron chi connectivity index (χ4n) is 18.5. The molecule has 12 aromatic rings. The van der Waals surface area contributed by atoms with Crippen molar-refractivity contribution in [1.82, 2.24) is 44.5 Å². The molecule has 6 unspecified atom stereocenters. The van der Waals surface area contributed by atoms with Crippen molar-refractivity contribution >= 4 is 148 Å². The average Bonchev–Trinajstić information content (AvgIpc) is 1.60. The highest BCUT2D eigenvalue weighted by Crippen LogP contribution is 2.56. The highest BCUT2D eigenvalue weighted by molar-refractivity contribution is 9.10. The summed E-state index contributed by atoms with van der Waals surface area (Å²) in [6.45, 7) is 22.7. The summed E-state index contributed by atoms with van der Waals surface area (Å²) in [5.41, 5.74) is 10.8. The van der Waals surface area contributed by atoms with Crippen LogP contribution >= 0.6 is 101 Å². The lowest BCUT2D eigenvalue weighted by atomic mass is 9.88. The van der Waals surface area contributed by atoms with Crippen LogP contribution < -0.4 is 33.7 Å². The SMILES string of the molecule is C.CCCN1CCN(C(=O)N2C(c3ccc(OC)cc3OC(C)C)=CC(c3ccc(Br)cc3)C2c2ccc(Br)cc2)CC1.COc1ccc(C2=CC(c3ccc(Cl)cc3)C(c3ccc(Cl)cc3)N2C(=O)N2CCN(C(C)=O)CC2)c(OC(C)C)c1.COc1ccc(C2=CC(c3ccc(Cl)cc3)C(c3ccc(Cl)cc3)N2C(=O)N2CCNC(=O)C2)c(OC(C)C)c1.OCc1ccc(-c2ccc(-c3ccc(CO)s3)o2)s1. The number of thiophene rings is 2. The topological polar surface area (TPSA) is 232 Å². The fourth-order valence-corrected chi connectivity index (χ4v) is 21.2. The van der Waals surface area contributed by atoms with Crippen LogP contribution in [0.5, 0.6) is 34.5 Å². The third kappa shape index (κ3) is 26.1. The third-order valence-corrected chi connectivity index (χ3v) is 29.6. The van der Waals surface area contributed by atoms with Gasteiger partial charge in [0, 0.05) is 164 Å². The molecular weight excluding hydrogens is 2070 g/mol. The first kappa shape index (κ1) is 108.